The van der Waals surface area contributed by atoms with Gasteiger partial charge in [-0.1, -0.05) is 17.7 Å². The van der Waals surface area contributed by atoms with Gasteiger partial charge in [0.15, 0.2) is 0 Å². The van der Waals surface area contributed by atoms with Gasteiger partial charge in [0.2, 0.25) is 0 Å². The molecule has 0 fully saturated rings. The lowest BCUT2D eigenvalue weighted by Gasteiger charge is -2.08. The van der Waals surface area contributed by atoms with Crippen LogP contribution in [0.1, 0.15) is 27.0 Å². The quantitative estimate of drug-likeness (QED) is 0.895. The zero-order valence-corrected chi connectivity index (χ0v) is 11.9. The molecule has 1 amide bonds. The minimum absolute atomic E-state index is 0.278. The molecule has 0 aromatic heterocycles. The smallest absolute Gasteiger partial charge is 0.255 e. The number of nitrogens with zero attached hydrogens (tertiary/aromatic N) is 1. The van der Waals surface area contributed by atoms with Crippen molar-refractivity contribution in [3.05, 3.63) is 63.7 Å². The van der Waals surface area contributed by atoms with E-state index in [1.807, 2.05) is 24.3 Å². The highest BCUT2D eigenvalue weighted by molar-refractivity contribution is 6.31. The number of carbonyl (C=O) groups is 1. The molecule has 0 unspecified atom stereocenters. The average Bonchev–Trinajstić information content (AvgIpc) is 2.94. The van der Waals surface area contributed by atoms with E-state index in [2.05, 4.69) is 10.6 Å². The predicted octanol–water partition coefficient (Wildman–Crippen LogP) is 3.07. The summed E-state index contributed by atoms with van der Waals surface area (Å²) in [6, 6.07) is 12.4. The second kappa shape index (κ2) is 5.57. The molecule has 0 saturated carbocycles. The molecule has 5 heteroatoms. The number of carbonyl (C=O) groups excluding carboxylic acids is 1. The highest BCUT2D eigenvalue weighted by Crippen LogP contribution is 2.21. The Bertz CT molecular complexity index is 765. The van der Waals surface area contributed by atoms with E-state index >= 15 is 0 Å². The third-order valence-electron chi connectivity index (χ3n) is 3.38. The third kappa shape index (κ3) is 2.89. The topological polar surface area (TPSA) is 64.9 Å². The summed E-state index contributed by atoms with van der Waals surface area (Å²) in [5, 5.41) is 15.4. The van der Waals surface area contributed by atoms with Crippen molar-refractivity contribution in [3.63, 3.8) is 0 Å². The van der Waals surface area contributed by atoms with Gasteiger partial charge in [0.05, 0.1) is 11.6 Å². The van der Waals surface area contributed by atoms with E-state index in [9.17, 15) is 4.79 Å². The number of rotatable bonds is 2. The summed E-state index contributed by atoms with van der Waals surface area (Å²) in [4.78, 5) is 12.2. The zero-order chi connectivity index (χ0) is 14.8. The van der Waals surface area contributed by atoms with E-state index in [0.717, 1.165) is 18.8 Å². The molecule has 3 rings (SSSR count). The summed E-state index contributed by atoms with van der Waals surface area (Å²) in [6.45, 7) is 1.68. The first-order valence-electron chi connectivity index (χ1n) is 6.50. The molecule has 1 heterocycles. The normalized spacial score (nSPS) is 12.6. The maximum Gasteiger partial charge on any atom is 0.255 e. The van der Waals surface area contributed by atoms with Crippen molar-refractivity contribution in [1.29, 1.82) is 5.26 Å². The van der Waals surface area contributed by atoms with E-state index in [0.29, 0.717) is 16.1 Å². The monoisotopic (exact) mass is 297 g/mol. The molecule has 0 radical (unpaired) electrons. The lowest BCUT2D eigenvalue weighted by Crippen LogP contribution is -2.12. The Hall–Kier alpha value is -2.35. The van der Waals surface area contributed by atoms with Crippen molar-refractivity contribution in [2.45, 2.75) is 13.1 Å². The fourth-order valence-corrected chi connectivity index (χ4v) is 2.60. The second-order valence-corrected chi connectivity index (χ2v) is 5.32. The Morgan fingerprint density at radius 1 is 1.19 bits per heavy atom. The zero-order valence-electron chi connectivity index (χ0n) is 11.1. The number of halogens is 1. The van der Waals surface area contributed by atoms with Crippen molar-refractivity contribution in [2.75, 3.05) is 5.32 Å². The van der Waals surface area contributed by atoms with Crippen molar-refractivity contribution in [3.8, 4) is 6.07 Å². The van der Waals surface area contributed by atoms with E-state index in [1.54, 1.807) is 6.07 Å². The Labute approximate surface area is 127 Å². The minimum Gasteiger partial charge on any atom is -0.322 e. The molecule has 4 nitrogen and oxygen atoms in total. The van der Waals surface area contributed by atoms with Crippen LogP contribution in [0.15, 0.2) is 36.4 Å². The van der Waals surface area contributed by atoms with Gasteiger partial charge >= 0.3 is 0 Å². The van der Waals surface area contributed by atoms with Crippen LogP contribution < -0.4 is 10.6 Å². The summed E-state index contributed by atoms with van der Waals surface area (Å²) in [5.74, 6) is -0.278. The number of fused-ring (bicyclic) bond motifs is 1. The third-order valence-corrected chi connectivity index (χ3v) is 3.60. The Morgan fingerprint density at radius 2 is 2.00 bits per heavy atom. The molecule has 104 valence electrons. The molecular formula is C16H12ClN3O. The van der Waals surface area contributed by atoms with E-state index < -0.39 is 0 Å². The molecule has 0 atom stereocenters. The van der Waals surface area contributed by atoms with Crippen LogP contribution in [0, 0.1) is 11.3 Å². The van der Waals surface area contributed by atoms with Gasteiger partial charge in [-0.05, 0) is 41.5 Å². The molecule has 1 aliphatic heterocycles. The molecule has 2 aromatic carbocycles. The Morgan fingerprint density at radius 3 is 2.81 bits per heavy atom. The fourth-order valence-electron chi connectivity index (χ4n) is 2.36. The average molecular weight is 298 g/mol. The maximum atomic E-state index is 12.2. The standard InChI is InChI=1S/C16H12ClN3O/c17-14-4-10(7-18)3-12(5-14)16(21)20-15-2-1-11-8-19-9-13(11)6-15/h1-6,19H,8-9H2,(H,20,21). The number of amides is 1. The Kier molecular flexibility index (Phi) is 3.61. The van der Waals surface area contributed by atoms with Gasteiger partial charge in [-0.15, -0.1) is 0 Å². The predicted molar refractivity (Wildman–Crippen MR) is 81.1 cm³/mol. The van der Waals surface area contributed by atoms with Gasteiger partial charge < -0.3 is 10.6 Å². The van der Waals surface area contributed by atoms with E-state index in [4.69, 9.17) is 16.9 Å². The summed E-state index contributed by atoms with van der Waals surface area (Å²) in [7, 11) is 0. The van der Waals surface area contributed by atoms with Crippen molar-refractivity contribution in [2.24, 2.45) is 0 Å². The number of hydrogen-bond acceptors (Lipinski definition) is 3. The summed E-state index contributed by atoms with van der Waals surface area (Å²) < 4.78 is 0. The van der Waals surface area contributed by atoms with Crippen molar-refractivity contribution < 1.29 is 4.79 Å². The summed E-state index contributed by atoms with van der Waals surface area (Å²) in [6.07, 6.45) is 0. The van der Waals surface area contributed by atoms with Gasteiger partial charge in [0.25, 0.3) is 5.91 Å². The van der Waals surface area contributed by atoms with Crippen LogP contribution in [0.3, 0.4) is 0 Å². The fraction of sp³-hybridized carbons (Fsp3) is 0.125. The summed E-state index contributed by atoms with van der Waals surface area (Å²) >= 11 is 5.91. The SMILES string of the molecule is N#Cc1cc(Cl)cc(C(=O)Nc2ccc3c(c2)CNC3)c1. The van der Waals surface area contributed by atoms with Crippen LogP contribution >= 0.6 is 11.6 Å². The molecule has 0 spiro atoms. The largest absolute Gasteiger partial charge is 0.322 e. The molecule has 0 saturated heterocycles. The molecule has 21 heavy (non-hydrogen) atoms. The van der Waals surface area contributed by atoms with Crippen LogP contribution in [0.2, 0.25) is 5.02 Å². The number of nitriles is 1. The van der Waals surface area contributed by atoms with Gasteiger partial charge in [-0.25, -0.2) is 0 Å². The highest BCUT2D eigenvalue weighted by atomic mass is 35.5. The first-order valence-corrected chi connectivity index (χ1v) is 6.88. The van der Waals surface area contributed by atoms with Crippen molar-refractivity contribution in [1.82, 2.24) is 5.32 Å². The van der Waals surface area contributed by atoms with Gasteiger partial charge in [-0.3, -0.25) is 4.79 Å². The van der Waals surface area contributed by atoms with Crippen LogP contribution in [0.25, 0.3) is 0 Å². The molecule has 0 aliphatic carbocycles. The van der Waals surface area contributed by atoms with Crippen LogP contribution in [0.5, 0.6) is 0 Å². The highest BCUT2D eigenvalue weighted by Gasteiger charge is 2.13. The van der Waals surface area contributed by atoms with Crippen LogP contribution in [-0.2, 0) is 13.1 Å². The minimum atomic E-state index is -0.278. The Balaban J connectivity index is 1.83. The molecular weight excluding hydrogens is 286 g/mol. The van der Waals surface area contributed by atoms with E-state index in [1.165, 1.54) is 23.3 Å². The number of nitrogens with one attached hydrogen (secondary N) is 2. The van der Waals surface area contributed by atoms with Crippen LogP contribution in [0.4, 0.5) is 5.69 Å². The lowest BCUT2D eigenvalue weighted by atomic mass is 10.1. The number of anilines is 1. The number of hydrogen-bond donors (Lipinski definition) is 2. The van der Waals surface area contributed by atoms with Crippen LogP contribution in [-0.4, -0.2) is 5.91 Å². The molecule has 2 N–H and O–H groups in total. The van der Waals surface area contributed by atoms with Gasteiger partial charge in [0, 0.05) is 29.4 Å². The first kappa shape index (κ1) is 13.6. The second-order valence-electron chi connectivity index (χ2n) is 4.88. The lowest BCUT2D eigenvalue weighted by molar-refractivity contribution is 0.102. The van der Waals surface area contributed by atoms with Gasteiger partial charge in [0.1, 0.15) is 0 Å². The molecule has 2 aromatic rings. The maximum absolute atomic E-state index is 12.2. The molecule has 0 bridgehead atoms. The van der Waals surface area contributed by atoms with Crippen molar-refractivity contribution >= 4 is 23.2 Å². The van der Waals surface area contributed by atoms with E-state index in [-0.39, 0.29) is 5.91 Å². The molecule has 1 aliphatic rings. The summed E-state index contributed by atoms with van der Waals surface area (Å²) in [5.41, 5.74) is 3.92. The van der Waals surface area contributed by atoms with Gasteiger partial charge in [-0.2, -0.15) is 5.26 Å². The number of benzene rings is 2. The first-order chi connectivity index (χ1) is 10.2.